The Hall–Kier alpha value is -2.51. The molecule has 1 aliphatic carbocycles. The molecule has 2 N–H and O–H groups in total. The highest BCUT2D eigenvalue weighted by Gasteiger charge is 2.37. The Morgan fingerprint density at radius 2 is 2.07 bits per heavy atom. The molecule has 1 aromatic carbocycles. The number of rotatable bonds is 5. The molecule has 1 saturated heterocycles. The summed E-state index contributed by atoms with van der Waals surface area (Å²) in [6.07, 6.45) is 6.91. The van der Waals surface area contributed by atoms with Crippen LogP contribution >= 0.6 is 11.3 Å². The molecule has 0 unspecified atom stereocenters. The Bertz CT molecular complexity index is 1050. The fourth-order valence-corrected chi connectivity index (χ4v) is 5.13. The van der Waals surface area contributed by atoms with Crippen LogP contribution in [0, 0.1) is 6.92 Å². The van der Waals surface area contributed by atoms with Gasteiger partial charge < -0.3 is 15.3 Å². The Labute approximate surface area is 181 Å². The van der Waals surface area contributed by atoms with Gasteiger partial charge in [-0.3, -0.25) is 0 Å². The van der Waals surface area contributed by atoms with Gasteiger partial charge in [0.15, 0.2) is 5.82 Å². The smallest absolute Gasteiger partial charge is 0.151 e. The maximum Gasteiger partial charge on any atom is 0.151 e. The second kappa shape index (κ2) is 7.63. The molecule has 2 aliphatic rings. The summed E-state index contributed by atoms with van der Waals surface area (Å²) in [5.41, 5.74) is 2.48. The van der Waals surface area contributed by atoms with Gasteiger partial charge in [0.25, 0.3) is 0 Å². The summed E-state index contributed by atoms with van der Waals surface area (Å²) in [6.45, 7) is 6.23. The average Bonchev–Trinajstić information content (AvgIpc) is 3.32. The van der Waals surface area contributed by atoms with Gasteiger partial charge in [0, 0.05) is 36.4 Å². The summed E-state index contributed by atoms with van der Waals surface area (Å²) in [4.78, 5) is 7.64. The molecule has 0 radical (unpaired) electrons. The third-order valence-electron chi connectivity index (χ3n) is 6.29. The summed E-state index contributed by atoms with van der Waals surface area (Å²) in [5.74, 6) is 1.10. The lowest BCUT2D eigenvalue weighted by atomic mass is 9.89. The molecule has 2 aromatic heterocycles. The van der Waals surface area contributed by atoms with Gasteiger partial charge in [0.05, 0.1) is 15.6 Å². The number of nitrogens with zero attached hydrogens (tertiary/aromatic N) is 4. The molecule has 3 aromatic rings. The van der Waals surface area contributed by atoms with Gasteiger partial charge in [-0.2, -0.15) is 0 Å². The standard InChI is InChI=1S/C23H27N5OS/c1-15-24-13-21(30-15)16-6-7-18(20(29)12-16)19-8-9-22(27-26-19)28-11-10-23(2,14-28)25-17-4-3-5-17/h6-9,12-13,17,25,29H,3-5,10-11,14H2,1-2H3/t23-/m0/s1. The van der Waals surface area contributed by atoms with Crippen molar-refractivity contribution in [2.45, 2.75) is 51.1 Å². The summed E-state index contributed by atoms with van der Waals surface area (Å²) < 4.78 is 0. The van der Waals surface area contributed by atoms with E-state index in [0.29, 0.717) is 17.3 Å². The van der Waals surface area contributed by atoms with E-state index in [0.717, 1.165) is 40.8 Å². The predicted octanol–water partition coefficient (Wildman–Crippen LogP) is 4.39. The van der Waals surface area contributed by atoms with Crippen molar-refractivity contribution in [2.75, 3.05) is 18.0 Å². The van der Waals surface area contributed by atoms with Crippen LogP contribution in [0.3, 0.4) is 0 Å². The molecule has 1 atom stereocenters. The van der Waals surface area contributed by atoms with Crippen LogP contribution in [-0.2, 0) is 0 Å². The van der Waals surface area contributed by atoms with Crippen LogP contribution in [0.4, 0.5) is 5.82 Å². The third kappa shape index (κ3) is 3.79. The topological polar surface area (TPSA) is 74.2 Å². The first-order chi connectivity index (χ1) is 14.5. The summed E-state index contributed by atoms with van der Waals surface area (Å²) >= 11 is 1.61. The lowest BCUT2D eigenvalue weighted by Gasteiger charge is -2.36. The van der Waals surface area contributed by atoms with Gasteiger partial charge in [-0.05, 0) is 62.9 Å². The molecule has 0 spiro atoms. The molecule has 2 fully saturated rings. The van der Waals surface area contributed by atoms with Crippen molar-refractivity contribution in [3.63, 3.8) is 0 Å². The van der Waals surface area contributed by atoms with Gasteiger partial charge in [0.1, 0.15) is 5.75 Å². The van der Waals surface area contributed by atoms with Crippen molar-refractivity contribution in [3.8, 4) is 27.4 Å². The van der Waals surface area contributed by atoms with E-state index >= 15 is 0 Å². The van der Waals surface area contributed by atoms with E-state index in [1.165, 1.54) is 19.3 Å². The quantitative estimate of drug-likeness (QED) is 0.636. The van der Waals surface area contributed by atoms with E-state index < -0.39 is 0 Å². The monoisotopic (exact) mass is 421 g/mol. The molecule has 6 nitrogen and oxygen atoms in total. The van der Waals surface area contributed by atoms with Gasteiger partial charge in [0.2, 0.25) is 0 Å². The number of hydrogen-bond donors (Lipinski definition) is 2. The first-order valence-electron chi connectivity index (χ1n) is 10.6. The van der Waals surface area contributed by atoms with Crippen molar-refractivity contribution >= 4 is 17.2 Å². The second-order valence-electron chi connectivity index (χ2n) is 8.76. The molecule has 1 aliphatic heterocycles. The largest absolute Gasteiger partial charge is 0.507 e. The van der Waals surface area contributed by atoms with Gasteiger partial charge >= 0.3 is 0 Å². The fraction of sp³-hybridized carbons (Fsp3) is 0.435. The minimum Gasteiger partial charge on any atom is -0.507 e. The number of aromatic nitrogens is 3. The van der Waals surface area contributed by atoms with Crippen LogP contribution in [0.15, 0.2) is 36.5 Å². The number of nitrogens with one attached hydrogen (secondary N) is 1. The van der Waals surface area contributed by atoms with Crippen LogP contribution < -0.4 is 10.2 Å². The second-order valence-corrected chi connectivity index (χ2v) is 9.99. The molecule has 156 valence electrons. The molecule has 1 saturated carbocycles. The van der Waals surface area contributed by atoms with Crippen molar-refractivity contribution in [1.29, 1.82) is 0 Å². The lowest BCUT2D eigenvalue weighted by Crippen LogP contribution is -2.52. The Balaban J connectivity index is 1.30. The normalized spacial score (nSPS) is 21.7. The number of aryl methyl sites for hydroxylation is 1. The highest BCUT2D eigenvalue weighted by atomic mass is 32.1. The summed E-state index contributed by atoms with van der Waals surface area (Å²) in [5, 5.41) is 24.3. The zero-order valence-electron chi connectivity index (χ0n) is 17.4. The number of hydrogen-bond acceptors (Lipinski definition) is 7. The first kappa shape index (κ1) is 19.5. The minimum atomic E-state index is 0.147. The third-order valence-corrected chi connectivity index (χ3v) is 7.25. The molecular formula is C23H27N5OS. The number of phenolic OH excluding ortho intramolecular Hbond substituents is 1. The van der Waals surface area contributed by atoms with E-state index in [9.17, 15) is 5.11 Å². The lowest BCUT2D eigenvalue weighted by molar-refractivity contribution is 0.253. The maximum absolute atomic E-state index is 10.6. The van der Waals surface area contributed by atoms with Crippen molar-refractivity contribution in [3.05, 3.63) is 41.5 Å². The number of benzene rings is 1. The zero-order valence-corrected chi connectivity index (χ0v) is 18.2. The molecule has 7 heteroatoms. The molecule has 3 heterocycles. The first-order valence-corrected chi connectivity index (χ1v) is 11.4. The van der Waals surface area contributed by atoms with Gasteiger partial charge in [-0.25, -0.2) is 4.98 Å². The predicted molar refractivity (Wildman–Crippen MR) is 121 cm³/mol. The molecule has 0 amide bonds. The minimum absolute atomic E-state index is 0.147. The molecule has 5 rings (SSSR count). The van der Waals surface area contributed by atoms with Gasteiger partial charge in [-0.15, -0.1) is 21.5 Å². The fourth-order valence-electron chi connectivity index (χ4n) is 4.35. The summed E-state index contributed by atoms with van der Waals surface area (Å²) in [7, 11) is 0. The number of aromatic hydroxyl groups is 1. The highest BCUT2D eigenvalue weighted by Crippen LogP contribution is 2.35. The van der Waals surface area contributed by atoms with Crippen LogP contribution in [0.1, 0.15) is 37.6 Å². The highest BCUT2D eigenvalue weighted by molar-refractivity contribution is 7.15. The molecular weight excluding hydrogens is 394 g/mol. The Morgan fingerprint density at radius 3 is 2.70 bits per heavy atom. The Morgan fingerprint density at radius 1 is 1.20 bits per heavy atom. The number of thiazole rings is 1. The number of anilines is 1. The van der Waals surface area contributed by atoms with Crippen LogP contribution in [0.5, 0.6) is 5.75 Å². The van der Waals surface area contributed by atoms with Crippen LogP contribution in [0.25, 0.3) is 21.7 Å². The van der Waals surface area contributed by atoms with Crippen LogP contribution in [0.2, 0.25) is 0 Å². The number of phenols is 1. The van der Waals surface area contributed by atoms with E-state index in [4.69, 9.17) is 0 Å². The van der Waals surface area contributed by atoms with Crippen molar-refractivity contribution < 1.29 is 5.11 Å². The zero-order chi connectivity index (χ0) is 20.7. The van der Waals surface area contributed by atoms with Crippen LogP contribution in [-0.4, -0.2) is 45.0 Å². The van der Waals surface area contributed by atoms with E-state index in [2.05, 4.69) is 32.3 Å². The van der Waals surface area contributed by atoms with E-state index in [1.54, 1.807) is 17.4 Å². The maximum atomic E-state index is 10.6. The van der Waals surface area contributed by atoms with Crippen molar-refractivity contribution in [1.82, 2.24) is 20.5 Å². The average molecular weight is 422 g/mol. The SMILES string of the molecule is Cc1ncc(-c2ccc(-c3ccc(N4CC[C@](C)(NC5CCC5)C4)nn3)c(O)c2)s1. The van der Waals surface area contributed by atoms with Crippen molar-refractivity contribution in [2.24, 2.45) is 0 Å². The Kier molecular flexibility index (Phi) is 4.95. The van der Waals surface area contributed by atoms with Gasteiger partial charge in [-0.1, -0.05) is 12.5 Å². The molecule has 30 heavy (non-hydrogen) atoms. The van der Waals surface area contributed by atoms with E-state index in [1.807, 2.05) is 37.4 Å². The summed E-state index contributed by atoms with van der Waals surface area (Å²) in [6, 6.07) is 10.3. The molecule has 0 bridgehead atoms. The van der Waals surface area contributed by atoms with E-state index in [-0.39, 0.29) is 11.3 Å².